The van der Waals surface area contributed by atoms with Gasteiger partial charge in [0.1, 0.15) is 11.6 Å². The number of nitrogens with zero attached hydrogens (tertiary/aromatic N) is 2. The Hall–Kier alpha value is -1.91. The average molecular weight is 260 g/mol. The lowest BCUT2D eigenvalue weighted by molar-refractivity contribution is 0.429. The van der Waals surface area contributed by atoms with E-state index in [9.17, 15) is 4.39 Å². The van der Waals surface area contributed by atoms with Gasteiger partial charge >= 0.3 is 0 Å². The molecule has 2 aromatic rings. The second-order valence-corrected chi connectivity index (χ2v) is 5.11. The van der Waals surface area contributed by atoms with E-state index in [0.717, 1.165) is 18.7 Å². The first-order valence-electron chi connectivity index (χ1n) is 6.72. The Morgan fingerprint density at radius 2 is 2.00 bits per heavy atom. The maximum absolute atomic E-state index is 13.0. The van der Waals surface area contributed by atoms with Crippen molar-refractivity contribution in [2.45, 2.75) is 38.0 Å². The van der Waals surface area contributed by atoms with Gasteiger partial charge in [0.25, 0.3) is 0 Å². The third-order valence-corrected chi connectivity index (χ3v) is 3.75. The number of aromatic amines is 1. The van der Waals surface area contributed by atoms with Crippen molar-refractivity contribution in [1.82, 2.24) is 15.2 Å². The number of nitrogens with one attached hydrogen (secondary N) is 1. The SMILES string of the molecule is Nc1cc(F)ccc1-c1n[nH]c(C2CCCCC2)n1. The molecule has 0 bridgehead atoms. The van der Waals surface area contributed by atoms with E-state index in [1.54, 1.807) is 6.07 Å². The predicted molar refractivity (Wildman–Crippen MR) is 72.0 cm³/mol. The van der Waals surface area contributed by atoms with E-state index in [1.165, 1.54) is 31.4 Å². The zero-order chi connectivity index (χ0) is 13.2. The second-order valence-electron chi connectivity index (χ2n) is 5.11. The smallest absolute Gasteiger partial charge is 0.183 e. The summed E-state index contributed by atoms with van der Waals surface area (Å²) in [6, 6.07) is 4.30. The minimum Gasteiger partial charge on any atom is -0.398 e. The van der Waals surface area contributed by atoms with Gasteiger partial charge in [0.05, 0.1) is 0 Å². The Morgan fingerprint density at radius 1 is 1.21 bits per heavy atom. The van der Waals surface area contributed by atoms with Crippen LogP contribution in [0.25, 0.3) is 11.4 Å². The number of halogens is 1. The van der Waals surface area contributed by atoms with Crippen molar-refractivity contribution in [2.75, 3.05) is 5.73 Å². The summed E-state index contributed by atoms with van der Waals surface area (Å²) in [7, 11) is 0. The molecule has 0 atom stereocenters. The molecule has 1 fully saturated rings. The molecule has 0 radical (unpaired) electrons. The Kier molecular flexibility index (Phi) is 3.19. The second kappa shape index (κ2) is 4.99. The van der Waals surface area contributed by atoms with Gasteiger partial charge in [0.2, 0.25) is 0 Å². The third-order valence-electron chi connectivity index (χ3n) is 3.75. The highest BCUT2D eigenvalue weighted by atomic mass is 19.1. The van der Waals surface area contributed by atoms with Crippen molar-refractivity contribution in [2.24, 2.45) is 0 Å². The molecule has 0 unspecified atom stereocenters. The van der Waals surface area contributed by atoms with Gasteiger partial charge in [0.15, 0.2) is 5.82 Å². The number of anilines is 1. The maximum atomic E-state index is 13.0. The number of hydrogen-bond acceptors (Lipinski definition) is 3. The lowest BCUT2D eigenvalue weighted by Gasteiger charge is -2.18. The van der Waals surface area contributed by atoms with Crippen molar-refractivity contribution in [3.05, 3.63) is 29.8 Å². The molecule has 4 nitrogen and oxygen atoms in total. The van der Waals surface area contributed by atoms with Crippen LogP contribution in [0.15, 0.2) is 18.2 Å². The fraction of sp³-hybridized carbons (Fsp3) is 0.429. The van der Waals surface area contributed by atoms with Crippen LogP contribution in [-0.4, -0.2) is 15.2 Å². The summed E-state index contributed by atoms with van der Waals surface area (Å²) < 4.78 is 13.0. The predicted octanol–water partition coefficient (Wildman–Crippen LogP) is 3.24. The largest absolute Gasteiger partial charge is 0.398 e. The topological polar surface area (TPSA) is 67.6 Å². The summed E-state index contributed by atoms with van der Waals surface area (Å²) in [6.45, 7) is 0. The summed E-state index contributed by atoms with van der Waals surface area (Å²) >= 11 is 0. The molecule has 1 aliphatic carbocycles. The minimum absolute atomic E-state index is 0.343. The number of rotatable bonds is 2. The molecule has 1 aliphatic rings. The summed E-state index contributed by atoms with van der Waals surface area (Å²) in [5.41, 5.74) is 6.86. The van der Waals surface area contributed by atoms with Crippen LogP contribution >= 0.6 is 0 Å². The molecule has 0 saturated heterocycles. The molecule has 1 aromatic carbocycles. The summed E-state index contributed by atoms with van der Waals surface area (Å²) in [5.74, 6) is 1.61. The molecule has 100 valence electrons. The van der Waals surface area contributed by atoms with Crippen LogP contribution in [0.3, 0.4) is 0 Å². The van der Waals surface area contributed by atoms with E-state index in [0.29, 0.717) is 23.0 Å². The fourth-order valence-corrected chi connectivity index (χ4v) is 2.69. The highest BCUT2D eigenvalue weighted by Gasteiger charge is 2.20. The number of nitrogen functional groups attached to an aromatic ring is 1. The van der Waals surface area contributed by atoms with Crippen LogP contribution in [0.2, 0.25) is 0 Å². The third kappa shape index (κ3) is 2.45. The minimum atomic E-state index is -0.343. The zero-order valence-corrected chi connectivity index (χ0v) is 10.7. The van der Waals surface area contributed by atoms with Crippen molar-refractivity contribution in [3.63, 3.8) is 0 Å². The average Bonchev–Trinajstić information content (AvgIpc) is 2.89. The van der Waals surface area contributed by atoms with Crippen LogP contribution in [0.4, 0.5) is 10.1 Å². The number of hydrogen-bond donors (Lipinski definition) is 2. The molecule has 5 heteroatoms. The molecule has 19 heavy (non-hydrogen) atoms. The molecule has 1 aromatic heterocycles. The van der Waals surface area contributed by atoms with Gasteiger partial charge in [0, 0.05) is 17.2 Å². The molecular formula is C14H17FN4. The molecule has 3 rings (SSSR count). The Morgan fingerprint density at radius 3 is 2.74 bits per heavy atom. The first-order chi connectivity index (χ1) is 9.24. The molecule has 0 amide bonds. The first kappa shape index (κ1) is 12.1. The standard InChI is InChI=1S/C14H17FN4/c15-10-6-7-11(12(16)8-10)14-17-13(18-19-14)9-4-2-1-3-5-9/h6-9H,1-5,16H2,(H,17,18,19). The zero-order valence-electron chi connectivity index (χ0n) is 10.7. The van der Waals surface area contributed by atoms with Gasteiger partial charge < -0.3 is 5.73 Å². The van der Waals surface area contributed by atoms with Gasteiger partial charge in [-0.15, -0.1) is 0 Å². The van der Waals surface area contributed by atoms with Gasteiger partial charge in [-0.05, 0) is 31.0 Å². The van der Waals surface area contributed by atoms with Crippen molar-refractivity contribution in [1.29, 1.82) is 0 Å². The van der Waals surface area contributed by atoms with Crippen LogP contribution in [-0.2, 0) is 0 Å². The van der Waals surface area contributed by atoms with Gasteiger partial charge in [-0.1, -0.05) is 19.3 Å². The van der Waals surface area contributed by atoms with E-state index in [2.05, 4.69) is 15.2 Å². The molecule has 3 N–H and O–H groups in total. The van der Waals surface area contributed by atoms with E-state index >= 15 is 0 Å². The number of nitrogens with two attached hydrogens (primary N) is 1. The Bertz CT molecular complexity index is 573. The number of benzene rings is 1. The van der Waals surface area contributed by atoms with Gasteiger partial charge in [-0.3, -0.25) is 5.10 Å². The van der Waals surface area contributed by atoms with Gasteiger partial charge in [-0.25, -0.2) is 9.37 Å². The quantitative estimate of drug-likeness (QED) is 0.814. The van der Waals surface area contributed by atoms with Crippen LogP contribution < -0.4 is 5.73 Å². The number of H-pyrrole nitrogens is 1. The number of aromatic nitrogens is 3. The molecular weight excluding hydrogens is 243 g/mol. The van der Waals surface area contributed by atoms with Gasteiger partial charge in [-0.2, -0.15) is 5.10 Å². The first-order valence-corrected chi connectivity index (χ1v) is 6.72. The van der Waals surface area contributed by atoms with Crippen molar-refractivity contribution < 1.29 is 4.39 Å². The maximum Gasteiger partial charge on any atom is 0.183 e. The van der Waals surface area contributed by atoms with E-state index in [-0.39, 0.29) is 5.82 Å². The Labute approximate surface area is 111 Å². The van der Waals surface area contributed by atoms with E-state index in [4.69, 9.17) is 5.73 Å². The monoisotopic (exact) mass is 260 g/mol. The molecule has 0 spiro atoms. The lowest BCUT2D eigenvalue weighted by atomic mass is 9.89. The van der Waals surface area contributed by atoms with Crippen LogP contribution in [0, 0.1) is 5.82 Å². The molecule has 1 heterocycles. The van der Waals surface area contributed by atoms with Crippen molar-refractivity contribution in [3.8, 4) is 11.4 Å². The summed E-state index contributed by atoms with van der Waals surface area (Å²) in [4.78, 5) is 4.53. The lowest BCUT2D eigenvalue weighted by Crippen LogP contribution is -2.06. The van der Waals surface area contributed by atoms with E-state index < -0.39 is 0 Å². The summed E-state index contributed by atoms with van der Waals surface area (Å²) in [5, 5.41) is 7.22. The highest BCUT2D eigenvalue weighted by molar-refractivity contribution is 5.71. The van der Waals surface area contributed by atoms with Crippen LogP contribution in [0.5, 0.6) is 0 Å². The van der Waals surface area contributed by atoms with E-state index in [1.807, 2.05) is 0 Å². The van der Waals surface area contributed by atoms with Crippen molar-refractivity contribution >= 4 is 5.69 Å². The highest BCUT2D eigenvalue weighted by Crippen LogP contribution is 2.32. The van der Waals surface area contributed by atoms with Crippen LogP contribution in [0.1, 0.15) is 43.8 Å². The summed E-state index contributed by atoms with van der Waals surface area (Å²) in [6.07, 6.45) is 6.13. The fourth-order valence-electron chi connectivity index (χ4n) is 2.69. The Balaban J connectivity index is 1.87. The normalized spacial score (nSPS) is 16.7. The molecule has 1 saturated carbocycles. The molecule has 0 aliphatic heterocycles.